The molecule has 1 aromatic heterocycles. The van der Waals surface area contributed by atoms with E-state index in [-0.39, 0.29) is 0 Å². The molecule has 54 valence electrons. The molecule has 0 unspecified atom stereocenters. The van der Waals surface area contributed by atoms with E-state index >= 15 is 0 Å². The van der Waals surface area contributed by atoms with Crippen molar-refractivity contribution >= 4 is 12.2 Å². The van der Waals surface area contributed by atoms with Crippen molar-refractivity contribution in [2.45, 2.75) is 13.3 Å². The Morgan fingerprint density at radius 3 is 2.90 bits per heavy atom. The van der Waals surface area contributed by atoms with E-state index in [1.54, 1.807) is 12.1 Å². The van der Waals surface area contributed by atoms with Crippen LogP contribution in [0.4, 0.5) is 0 Å². The largest absolute Gasteiger partial charge is 0.411 e. The third-order valence-corrected chi connectivity index (χ3v) is 1.50. The lowest BCUT2D eigenvalue weighted by molar-refractivity contribution is 0.138. The summed E-state index contributed by atoms with van der Waals surface area (Å²) in [4.78, 5) is 0.716. The summed E-state index contributed by atoms with van der Waals surface area (Å²) < 4.78 is 0.331. The highest BCUT2D eigenvalue weighted by molar-refractivity contribution is 7.71. The molecule has 1 rings (SSSR count). The standard InChI is InChI=1S/C6H8N2OS/c1-2-5-3-4-6(10)8(9)7-5/h3-4,9H,2H2,1H3. The Labute approximate surface area is 63.9 Å². The molecule has 0 saturated heterocycles. The van der Waals surface area contributed by atoms with Crippen LogP contribution in [-0.4, -0.2) is 15.2 Å². The minimum absolute atomic E-state index is 0.331. The number of rotatable bonds is 1. The topological polar surface area (TPSA) is 38.0 Å². The predicted octanol–water partition coefficient (Wildman–Crippen LogP) is 1.41. The fraction of sp³-hybridized carbons (Fsp3) is 0.333. The molecule has 0 saturated carbocycles. The van der Waals surface area contributed by atoms with E-state index in [4.69, 9.17) is 17.4 Å². The summed E-state index contributed by atoms with van der Waals surface area (Å²) in [5.74, 6) is 0. The van der Waals surface area contributed by atoms with Gasteiger partial charge in [-0.15, -0.1) is 5.10 Å². The molecule has 0 aliphatic rings. The van der Waals surface area contributed by atoms with Gasteiger partial charge in [0.1, 0.15) is 0 Å². The summed E-state index contributed by atoms with van der Waals surface area (Å²) in [6.07, 6.45) is 0.802. The molecule has 0 spiro atoms. The van der Waals surface area contributed by atoms with E-state index in [1.807, 2.05) is 6.92 Å². The normalized spacial score (nSPS) is 9.70. The van der Waals surface area contributed by atoms with Gasteiger partial charge in [0, 0.05) is 0 Å². The first-order valence-electron chi connectivity index (χ1n) is 3.02. The van der Waals surface area contributed by atoms with Crippen LogP contribution in [-0.2, 0) is 6.42 Å². The molecule has 0 bridgehead atoms. The van der Waals surface area contributed by atoms with E-state index in [0.29, 0.717) is 9.49 Å². The smallest absolute Gasteiger partial charge is 0.163 e. The van der Waals surface area contributed by atoms with Crippen molar-refractivity contribution in [2.75, 3.05) is 0 Å². The number of nitrogens with zero attached hydrogens (tertiary/aromatic N) is 2. The van der Waals surface area contributed by atoms with Crippen LogP contribution in [0.15, 0.2) is 12.1 Å². The summed E-state index contributed by atoms with van der Waals surface area (Å²) >= 11 is 4.71. The Morgan fingerprint density at radius 1 is 1.70 bits per heavy atom. The third kappa shape index (κ3) is 1.33. The maximum absolute atomic E-state index is 8.93. The van der Waals surface area contributed by atoms with Crippen LogP contribution in [0.25, 0.3) is 0 Å². The van der Waals surface area contributed by atoms with E-state index in [1.165, 1.54) is 0 Å². The Balaban J connectivity index is 3.17. The average molecular weight is 156 g/mol. The van der Waals surface area contributed by atoms with E-state index in [2.05, 4.69) is 5.10 Å². The Hall–Kier alpha value is -0.900. The molecule has 0 aliphatic carbocycles. The van der Waals surface area contributed by atoms with Crippen LogP contribution >= 0.6 is 12.2 Å². The van der Waals surface area contributed by atoms with Crippen molar-refractivity contribution in [3.8, 4) is 0 Å². The Morgan fingerprint density at radius 2 is 2.40 bits per heavy atom. The van der Waals surface area contributed by atoms with Crippen LogP contribution < -0.4 is 0 Å². The molecule has 3 nitrogen and oxygen atoms in total. The molecule has 4 heteroatoms. The second-order valence-corrected chi connectivity index (χ2v) is 2.32. The zero-order valence-electron chi connectivity index (χ0n) is 5.61. The van der Waals surface area contributed by atoms with Gasteiger partial charge in [-0.2, -0.15) is 0 Å². The van der Waals surface area contributed by atoms with Crippen LogP contribution in [0, 0.1) is 4.64 Å². The highest BCUT2D eigenvalue weighted by Gasteiger charge is 1.91. The van der Waals surface area contributed by atoms with Gasteiger partial charge in [-0.1, -0.05) is 24.0 Å². The molecule has 0 aromatic carbocycles. The van der Waals surface area contributed by atoms with Gasteiger partial charge in [-0.25, -0.2) is 0 Å². The van der Waals surface area contributed by atoms with Gasteiger partial charge in [-0.3, -0.25) is 0 Å². The molecular weight excluding hydrogens is 148 g/mol. The zero-order chi connectivity index (χ0) is 7.56. The first-order valence-corrected chi connectivity index (χ1v) is 3.43. The minimum atomic E-state index is 0.331. The number of hydrogen-bond donors (Lipinski definition) is 1. The van der Waals surface area contributed by atoms with Crippen molar-refractivity contribution in [3.63, 3.8) is 0 Å². The van der Waals surface area contributed by atoms with Gasteiger partial charge in [0.25, 0.3) is 0 Å². The fourth-order valence-electron chi connectivity index (χ4n) is 0.627. The molecule has 0 atom stereocenters. The summed E-state index contributed by atoms with van der Waals surface area (Å²) in [6.45, 7) is 1.96. The highest BCUT2D eigenvalue weighted by Crippen LogP contribution is 1.94. The van der Waals surface area contributed by atoms with Crippen molar-refractivity contribution in [1.82, 2.24) is 9.94 Å². The average Bonchev–Trinajstić information content (AvgIpc) is 1.95. The number of aromatic nitrogens is 2. The van der Waals surface area contributed by atoms with E-state index < -0.39 is 0 Å². The molecule has 1 heterocycles. The van der Waals surface area contributed by atoms with Crippen LogP contribution in [0.5, 0.6) is 0 Å². The van der Waals surface area contributed by atoms with Crippen molar-refractivity contribution < 1.29 is 5.21 Å². The molecular formula is C6H8N2OS. The van der Waals surface area contributed by atoms with Gasteiger partial charge in [0.15, 0.2) is 4.64 Å². The molecule has 1 aromatic rings. The minimum Gasteiger partial charge on any atom is -0.411 e. The maximum Gasteiger partial charge on any atom is 0.163 e. The van der Waals surface area contributed by atoms with Crippen molar-refractivity contribution in [3.05, 3.63) is 22.5 Å². The molecule has 0 fully saturated rings. The van der Waals surface area contributed by atoms with Crippen LogP contribution in [0.1, 0.15) is 12.6 Å². The van der Waals surface area contributed by atoms with Gasteiger partial charge in [0.2, 0.25) is 0 Å². The third-order valence-electron chi connectivity index (χ3n) is 1.20. The van der Waals surface area contributed by atoms with E-state index in [9.17, 15) is 0 Å². The van der Waals surface area contributed by atoms with E-state index in [0.717, 1.165) is 12.1 Å². The summed E-state index contributed by atoms with van der Waals surface area (Å²) in [5, 5.41) is 12.7. The van der Waals surface area contributed by atoms with Gasteiger partial charge in [0.05, 0.1) is 5.69 Å². The SMILES string of the molecule is CCc1ccc(=S)n(O)n1. The quantitative estimate of drug-likeness (QED) is 0.493. The molecule has 10 heavy (non-hydrogen) atoms. The lowest BCUT2D eigenvalue weighted by Crippen LogP contribution is -2.02. The summed E-state index contributed by atoms with van der Waals surface area (Å²) in [7, 11) is 0. The van der Waals surface area contributed by atoms with Gasteiger partial charge < -0.3 is 5.21 Å². The van der Waals surface area contributed by atoms with Crippen LogP contribution in [0.2, 0.25) is 0 Å². The maximum atomic E-state index is 8.93. The first-order chi connectivity index (χ1) is 4.74. The van der Waals surface area contributed by atoms with Gasteiger partial charge >= 0.3 is 0 Å². The fourth-order valence-corrected chi connectivity index (χ4v) is 0.736. The summed E-state index contributed by atoms with van der Waals surface area (Å²) in [5.41, 5.74) is 0.830. The molecule has 1 N–H and O–H groups in total. The molecule has 0 amide bonds. The lowest BCUT2D eigenvalue weighted by Gasteiger charge is -1.97. The predicted molar refractivity (Wildman–Crippen MR) is 39.6 cm³/mol. The highest BCUT2D eigenvalue weighted by atomic mass is 32.1. The number of hydrogen-bond acceptors (Lipinski definition) is 3. The van der Waals surface area contributed by atoms with Crippen LogP contribution in [0.3, 0.4) is 0 Å². The second-order valence-electron chi connectivity index (χ2n) is 1.91. The van der Waals surface area contributed by atoms with Crippen molar-refractivity contribution in [2.24, 2.45) is 0 Å². The monoisotopic (exact) mass is 156 g/mol. The Kier molecular flexibility index (Phi) is 2.01. The van der Waals surface area contributed by atoms with Crippen molar-refractivity contribution in [1.29, 1.82) is 0 Å². The lowest BCUT2D eigenvalue weighted by atomic mass is 10.3. The summed E-state index contributed by atoms with van der Waals surface area (Å²) in [6, 6.07) is 3.45. The Bertz CT molecular complexity index is 281. The second kappa shape index (κ2) is 2.79. The zero-order valence-corrected chi connectivity index (χ0v) is 6.43. The first kappa shape index (κ1) is 7.21. The van der Waals surface area contributed by atoms with Gasteiger partial charge in [-0.05, 0) is 18.6 Å². The molecule has 0 radical (unpaired) electrons. The molecule has 0 aliphatic heterocycles. The number of aryl methyl sites for hydroxylation is 1.